The van der Waals surface area contributed by atoms with Crippen LogP contribution in [0.25, 0.3) is 0 Å². The third-order valence-electron chi connectivity index (χ3n) is 1.84. The van der Waals surface area contributed by atoms with Crippen LogP contribution in [0.2, 0.25) is 0 Å². The Morgan fingerprint density at radius 1 is 1.33 bits per heavy atom. The number of hydrogen-bond acceptors (Lipinski definition) is 1. The van der Waals surface area contributed by atoms with E-state index in [0.29, 0.717) is 27.8 Å². The zero-order chi connectivity index (χ0) is 6.53. The Bertz CT molecular complexity index is 66.6. The molecule has 9 heavy (non-hydrogen) atoms. The maximum atomic E-state index is 8.63. The van der Waals surface area contributed by atoms with Crippen molar-refractivity contribution >= 4 is 0 Å². The summed E-state index contributed by atoms with van der Waals surface area (Å²) in [6.07, 6.45) is 3.88. The van der Waals surface area contributed by atoms with E-state index in [9.17, 15) is 0 Å². The van der Waals surface area contributed by atoms with Crippen LogP contribution in [0, 0.1) is 5.92 Å². The van der Waals surface area contributed by atoms with Crippen LogP contribution in [0.5, 0.6) is 0 Å². The molecule has 1 rings (SSSR count). The molecule has 1 N–H and O–H groups in total. The van der Waals surface area contributed by atoms with Gasteiger partial charge in [0.25, 0.3) is 0 Å². The van der Waals surface area contributed by atoms with Crippen molar-refractivity contribution in [2.45, 2.75) is 19.3 Å². The van der Waals surface area contributed by atoms with Crippen LogP contribution in [0.4, 0.5) is 0 Å². The molecule has 0 amide bonds. The maximum absolute atomic E-state index is 8.63. The van der Waals surface area contributed by atoms with E-state index in [1.165, 1.54) is 21.7 Å². The summed E-state index contributed by atoms with van der Waals surface area (Å²) in [6.45, 7) is 0.406. The number of aliphatic hydroxyl groups is 1. The van der Waals surface area contributed by atoms with Gasteiger partial charge in [-0.1, -0.05) is 0 Å². The van der Waals surface area contributed by atoms with Crippen LogP contribution < -0.4 is 21.2 Å². The fraction of sp³-hybridized carbons (Fsp3) is 1.00. The van der Waals surface area contributed by atoms with Gasteiger partial charge in [0.2, 0.25) is 0 Å². The van der Waals surface area contributed by atoms with Crippen LogP contribution >= 0.6 is 0 Å². The normalized spacial score (nSPS) is 23.2. The molecule has 0 aromatic heterocycles. The summed E-state index contributed by atoms with van der Waals surface area (Å²) in [5.41, 5.74) is 0. The zero-order valence-electron chi connectivity index (χ0n) is 5.65. The molecule has 0 unspecified atom stereocenters. The molecular weight excluding hydrogens is 227 g/mol. The summed E-state index contributed by atoms with van der Waals surface area (Å²) in [5, 5.41) is 8.63. The van der Waals surface area contributed by atoms with Gasteiger partial charge < -0.3 is 0 Å². The molecule has 1 heterocycles. The van der Waals surface area contributed by atoms with E-state index in [-0.39, 0.29) is 0 Å². The van der Waals surface area contributed by atoms with E-state index >= 15 is 0 Å². The number of alkyl halides is 2. The third-order valence-corrected chi connectivity index (χ3v) is 4.61. The first-order valence-electron chi connectivity index (χ1n) is 3.58. The van der Waals surface area contributed by atoms with E-state index in [4.69, 9.17) is 5.11 Å². The van der Waals surface area contributed by atoms with Crippen LogP contribution in [-0.4, -0.2) is 20.6 Å². The fourth-order valence-electron chi connectivity index (χ4n) is 1.17. The van der Waals surface area contributed by atoms with Gasteiger partial charge in [0.05, 0.1) is 0 Å². The second-order valence-electron chi connectivity index (χ2n) is 2.52. The van der Waals surface area contributed by atoms with Crippen LogP contribution in [0.3, 0.4) is 0 Å². The average molecular weight is 241 g/mol. The molecule has 0 radical (unpaired) electrons. The van der Waals surface area contributed by atoms with Crippen LogP contribution in [0.15, 0.2) is 0 Å². The number of aliphatic hydroxyl groups excluding tert-OH is 1. The number of rotatable bonds is 2. The van der Waals surface area contributed by atoms with Crippen molar-refractivity contribution in [2.24, 2.45) is 5.92 Å². The first-order valence-corrected chi connectivity index (χ1v) is 6.63. The standard InChI is InChI=1S/C7H14IO/c9-6-3-7-1-4-8-5-2-7/h7,9H,1-6H2/q-1. The van der Waals surface area contributed by atoms with E-state index in [0.717, 1.165) is 12.3 Å². The second-order valence-corrected chi connectivity index (χ2v) is 5.76. The predicted octanol–water partition coefficient (Wildman–Crippen LogP) is -2.13. The third kappa shape index (κ3) is 2.85. The minimum absolute atomic E-state index is 0.406. The Morgan fingerprint density at radius 2 is 2.00 bits per heavy atom. The fourth-order valence-corrected chi connectivity index (χ4v) is 4.35. The van der Waals surface area contributed by atoms with Crippen LogP contribution in [-0.2, 0) is 0 Å². The molecule has 0 bridgehead atoms. The molecule has 0 aromatic carbocycles. The average Bonchev–Trinajstić information content (AvgIpc) is 1.91. The van der Waals surface area contributed by atoms with E-state index < -0.39 is 0 Å². The predicted molar refractivity (Wildman–Crippen MR) is 34.2 cm³/mol. The summed E-state index contributed by atoms with van der Waals surface area (Å²) in [6, 6.07) is 0. The minimum atomic E-state index is 0.406. The van der Waals surface area contributed by atoms with Gasteiger partial charge in [0.1, 0.15) is 0 Å². The van der Waals surface area contributed by atoms with Gasteiger partial charge in [0.15, 0.2) is 0 Å². The van der Waals surface area contributed by atoms with Crippen molar-refractivity contribution in [1.29, 1.82) is 0 Å². The van der Waals surface area contributed by atoms with Gasteiger partial charge in [-0.2, -0.15) is 0 Å². The Kier molecular flexibility index (Phi) is 3.89. The van der Waals surface area contributed by atoms with Gasteiger partial charge in [-0.25, -0.2) is 0 Å². The topological polar surface area (TPSA) is 20.2 Å². The molecular formula is C7H14IO-. The molecule has 1 aliphatic heterocycles. The first kappa shape index (κ1) is 7.79. The number of hydrogen-bond donors (Lipinski definition) is 1. The van der Waals surface area contributed by atoms with E-state index in [2.05, 4.69) is 0 Å². The summed E-state index contributed by atoms with van der Waals surface area (Å²) in [4.78, 5) is 0. The zero-order valence-corrected chi connectivity index (χ0v) is 7.80. The molecule has 1 aliphatic rings. The van der Waals surface area contributed by atoms with Crippen molar-refractivity contribution < 1.29 is 26.3 Å². The quantitative estimate of drug-likeness (QED) is 0.432. The Balaban J connectivity index is 2.08. The summed E-state index contributed by atoms with van der Waals surface area (Å²) >= 11 is 0.595. The second kappa shape index (κ2) is 4.50. The van der Waals surface area contributed by atoms with Crippen molar-refractivity contribution in [3.8, 4) is 0 Å². The van der Waals surface area contributed by atoms with Crippen LogP contribution in [0.1, 0.15) is 19.3 Å². The molecule has 2 heteroatoms. The molecule has 0 aliphatic carbocycles. The molecule has 1 nitrogen and oxygen atoms in total. The summed E-state index contributed by atoms with van der Waals surface area (Å²) in [5.74, 6) is 0.878. The SMILES string of the molecule is OCCC1CC[I-]CC1. The van der Waals surface area contributed by atoms with Crippen molar-refractivity contribution in [3.63, 3.8) is 0 Å². The number of halogens is 1. The molecule has 1 fully saturated rings. The molecule has 1 saturated heterocycles. The van der Waals surface area contributed by atoms with Gasteiger partial charge in [-0.05, 0) is 0 Å². The van der Waals surface area contributed by atoms with Gasteiger partial charge in [-0.3, -0.25) is 0 Å². The first-order chi connectivity index (χ1) is 4.43. The molecule has 56 valence electrons. The van der Waals surface area contributed by atoms with E-state index in [1.807, 2.05) is 0 Å². The summed E-state index contributed by atoms with van der Waals surface area (Å²) in [7, 11) is 0. The Morgan fingerprint density at radius 3 is 2.56 bits per heavy atom. The van der Waals surface area contributed by atoms with E-state index in [1.54, 1.807) is 0 Å². The van der Waals surface area contributed by atoms with Gasteiger partial charge in [0, 0.05) is 0 Å². The molecule has 0 saturated carbocycles. The van der Waals surface area contributed by atoms with Crippen molar-refractivity contribution in [3.05, 3.63) is 0 Å². The van der Waals surface area contributed by atoms with Crippen molar-refractivity contribution in [1.82, 2.24) is 0 Å². The Hall–Kier alpha value is 0.690. The van der Waals surface area contributed by atoms with Gasteiger partial charge in [-0.15, -0.1) is 0 Å². The molecule has 0 spiro atoms. The van der Waals surface area contributed by atoms with Crippen molar-refractivity contribution in [2.75, 3.05) is 15.5 Å². The Labute approximate surface area is 67.1 Å². The molecule has 0 aromatic rings. The monoisotopic (exact) mass is 241 g/mol. The van der Waals surface area contributed by atoms with Gasteiger partial charge >= 0.3 is 67.0 Å². The molecule has 0 atom stereocenters. The summed E-state index contributed by atoms with van der Waals surface area (Å²) < 4.78 is 3.01.